The van der Waals surface area contributed by atoms with E-state index in [1.54, 1.807) is 12.1 Å². The maximum Gasteiger partial charge on any atom is 0.282 e. The van der Waals surface area contributed by atoms with Gasteiger partial charge in [-0.15, -0.1) is 0 Å². The topological polar surface area (TPSA) is 64.0 Å². The number of benzene rings is 1. The van der Waals surface area contributed by atoms with Gasteiger partial charge in [-0.05, 0) is 30.0 Å². The van der Waals surface area contributed by atoms with Crippen molar-refractivity contribution in [3.05, 3.63) is 46.8 Å². The first-order valence-corrected chi connectivity index (χ1v) is 7.70. The van der Waals surface area contributed by atoms with Crippen LogP contribution in [0, 0.1) is 0 Å². The molecule has 1 saturated carbocycles. The third-order valence-electron chi connectivity index (χ3n) is 5.19. The first kappa shape index (κ1) is 15.0. The predicted molar refractivity (Wildman–Crippen MR) is 82.3 cm³/mol. The largest absolute Gasteiger partial charge is 0.322 e. The van der Waals surface area contributed by atoms with Crippen LogP contribution >= 0.6 is 0 Å². The number of hydrogen-bond acceptors (Lipinski definition) is 3. The summed E-state index contributed by atoms with van der Waals surface area (Å²) in [5.41, 5.74) is 1.40. The fraction of sp³-hybridized carbons (Fsp3) is 0.353. The van der Waals surface area contributed by atoms with Crippen LogP contribution in [-0.2, 0) is 17.3 Å². The lowest BCUT2D eigenvalue weighted by molar-refractivity contribution is -0.118. The fourth-order valence-electron chi connectivity index (χ4n) is 3.94. The Morgan fingerprint density at radius 1 is 1.50 bits per heavy atom. The van der Waals surface area contributed by atoms with Gasteiger partial charge < -0.3 is 10.1 Å². The average Bonchev–Trinajstić information content (AvgIpc) is 2.92. The molecule has 4 rings (SSSR count). The number of aldehydes is 1. The Labute approximate surface area is 136 Å². The standard InChI is InChI=1S/C17H15F2N3O2/c1-22-7-9(14(21-22)15(18)19)16(24)20-12-4-2-3-10-13(12)11-5-6-17(10,11)8-23/h2-4,7-8,11,15H,5-6H2,1H3,(H,20,24). The number of halogens is 2. The van der Waals surface area contributed by atoms with Gasteiger partial charge in [0, 0.05) is 24.8 Å². The zero-order chi connectivity index (χ0) is 17.1. The van der Waals surface area contributed by atoms with E-state index >= 15 is 0 Å². The van der Waals surface area contributed by atoms with Crippen LogP contribution in [0.1, 0.15) is 52.4 Å². The highest BCUT2D eigenvalue weighted by molar-refractivity contribution is 6.06. The molecule has 0 bridgehead atoms. The first-order valence-electron chi connectivity index (χ1n) is 7.70. The number of hydrogen-bond donors (Lipinski definition) is 1. The van der Waals surface area contributed by atoms with Crippen LogP contribution in [-0.4, -0.2) is 22.0 Å². The second kappa shape index (κ2) is 4.96. The summed E-state index contributed by atoms with van der Waals surface area (Å²) in [6.45, 7) is 0. The van der Waals surface area contributed by atoms with Crippen molar-refractivity contribution in [3.63, 3.8) is 0 Å². The third kappa shape index (κ3) is 1.81. The summed E-state index contributed by atoms with van der Waals surface area (Å²) in [5.74, 6) is -0.500. The molecule has 1 N–H and O–H groups in total. The summed E-state index contributed by atoms with van der Waals surface area (Å²) in [7, 11) is 1.49. The van der Waals surface area contributed by atoms with E-state index in [0.717, 1.165) is 30.3 Å². The maximum absolute atomic E-state index is 13.0. The van der Waals surface area contributed by atoms with E-state index in [2.05, 4.69) is 10.4 Å². The normalized spacial score (nSPS) is 23.8. The number of anilines is 1. The molecule has 1 aromatic heterocycles. The van der Waals surface area contributed by atoms with Crippen LogP contribution < -0.4 is 5.32 Å². The van der Waals surface area contributed by atoms with E-state index in [1.807, 2.05) is 6.07 Å². The van der Waals surface area contributed by atoms with Gasteiger partial charge in [-0.2, -0.15) is 5.10 Å². The molecule has 2 atom stereocenters. The monoisotopic (exact) mass is 331 g/mol. The summed E-state index contributed by atoms with van der Waals surface area (Å²) < 4.78 is 27.2. The maximum atomic E-state index is 13.0. The molecule has 5 nitrogen and oxygen atoms in total. The van der Waals surface area contributed by atoms with Gasteiger partial charge in [-0.1, -0.05) is 12.1 Å². The van der Waals surface area contributed by atoms with Crippen LogP contribution in [0.5, 0.6) is 0 Å². The molecule has 2 aliphatic carbocycles. The van der Waals surface area contributed by atoms with E-state index < -0.39 is 23.4 Å². The van der Waals surface area contributed by atoms with E-state index in [0.29, 0.717) is 5.69 Å². The number of nitrogens with zero attached hydrogens (tertiary/aromatic N) is 2. The smallest absolute Gasteiger partial charge is 0.282 e. The minimum absolute atomic E-state index is 0.116. The van der Waals surface area contributed by atoms with E-state index in [1.165, 1.54) is 17.9 Å². The summed E-state index contributed by atoms with van der Waals surface area (Å²) >= 11 is 0. The first-order chi connectivity index (χ1) is 11.5. The lowest BCUT2D eigenvalue weighted by Gasteiger charge is -2.56. The van der Waals surface area contributed by atoms with Gasteiger partial charge in [0.15, 0.2) is 0 Å². The van der Waals surface area contributed by atoms with Gasteiger partial charge >= 0.3 is 0 Å². The van der Waals surface area contributed by atoms with Gasteiger partial charge in [-0.25, -0.2) is 8.78 Å². The summed E-state index contributed by atoms with van der Waals surface area (Å²) in [4.78, 5) is 23.9. The molecule has 124 valence electrons. The van der Waals surface area contributed by atoms with Crippen molar-refractivity contribution in [2.24, 2.45) is 7.05 Å². The highest BCUT2D eigenvalue weighted by Gasteiger charge is 2.59. The molecule has 2 aliphatic rings. The van der Waals surface area contributed by atoms with Gasteiger partial charge in [0.1, 0.15) is 12.0 Å². The number of nitrogens with one attached hydrogen (secondary N) is 1. The number of alkyl halides is 2. The van der Waals surface area contributed by atoms with E-state index in [-0.39, 0.29) is 11.5 Å². The Morgan fingerprint density at radius 2 is 2.29 bits per heavy atom. The van der Waals surface area contributed by atoms with Crippen LogP contribution in [0.2, 0.25) is 0 Å². The lowest BCUT2D eigenvalue weighted by atomic mass is 9.45. The Bertz CT molecular complexity index is 862. The van der Waals surface area contributed by atoms with Crippen molar-refractivity contribution in [3.8, 4) is 0 Å². The number of rotatable bonds is 4. The number of carbonyl (C=O) groups is 2. The Hall–Kier alpha value is -2.57. The van der Waals surface area contributed by atoms with E-state index in [4.69, 9.17) is 0 Å². The number of aromatic nitrogens is 2. The zero-order valence-corrected chi connectivity index (χ0v) is 12.9. The van der Waals surface area contributed by atoms with Crippen molar-refractivity contribution >= 4 is 17.9 Å². The summed E-state index contributed by atoms with van der Waals surface area (Å²) in [6, 6.07) is 5.40. The van der Waals surface area contributed by atoms with Crippen molar-refractivity contribution < 1.29 is 18.4 Å². The number of carbonyl (C=O) groups excluding carboxylic acids is 2. The highest BCUT2D eigenvalue weighted by atomic mass is 19.3. The molecular weight excluding hydrogens is 316 g/mol. The minimum atomic E-state index is -2.82. The highest BCUT2D eigenvalue weighted by Crippen LogP contribution is 2.65. The summed E-state index contributed by atoms with van der Waals surface area (Å²) in [5, 5.41) is 6.36. The Kier molecular flexibility index (Phi) is 3.10. The molecule has 1 aromatic carbocycles. The van der Waals surface area contributed by atoms with Gasteiger partial charge in [0.25, 0.3) is 12.3 Å². The third-order valence-corrected chi connectivity index (χ3v) is 5.19. The SMILES string of the molecule is Cn1cc(C(=O)Nc2cccc3c2C2CCC32C=O)c(C(F)F)n1. The number of aryl methyl sites for hydroxylation is 1. The number of fused-ring (bicyclic) bond motifs is 4. The predicted octanol–water partition coefficient (Wildman–Crippen LogP) is 2.94. The second-order valence-corrected chi connectivity index (χ2v) is 6.37. The quantitative estimate of drug-likeness (QED) is 0.876. The van der Waals surface area contributed by atoms with Crippen LogP contribution in [0.25, 0.3) is 0 Å². The molecule has 2 unspecified atom stereocenters. The number of amides is 1. The molecule has 7 heteroatoms. The molecular formula is C17H15F2N3O2. The van der Waals surface area contributed by atoms with Crippen LogP contribution in [0.15, 0.2) is 24.4 Å². The fourth-order valence-corrected chi connectivity index (χ4v) is 3.94. The minimum Gasteiger partial charge on any atom is -0.322 e. The molecule has 2 aromatic rings. The van der Waals surface area contributed by atoms with Gasteiger partial charge in [0.2, 0.25) is 0 Å². The van der Waals surface area contributed by atoms with Crippen molar-refractivity contribution in [2.45, 2.75) is 30.6 Å². The summed E-state index contributed by atoms with van der Waals surface area (Å²) in [6.07, 6.45) is 1.17. The second-order valence-electron chi connectivity index (χ2n) is 6.37. The average molecular weight is 331 g/mol. The van der Waals surface area contributed by atoms with E-state index in [9.17, 15) is 18.4 Å². The zero-order valence-electron chi connectivity index (χ0n) is 12.9. The van der Waals surface area contributed by atoms with Crippen LogP contribution in [0.4, 0.5) is 14.5 Å². The lowest BCUT2D eigenvalue weighted by Crippen LogP contribution is -2.53. The van der Waals surface area contributed by atoms with Crippen molar-refractivity contribution in [1.82, 2.24) is 9.78 Å². The molecule has 1 heterocycles. The van der Waals surface area contributed by atoms with Crippen molar-refractivity contribution in [1.29, 1.82) is 0 Å². The van der Waals surface area contributed by atoms with Crippen LogP contribution in [0.3, 0.4) is 0 Å². The van der Waals surface area contributed by atoms with Gasteiger partial charge in [-0.3, -0.25) is 9.48 Å². The van der Waals surface area contributed by atoms with Gasteiger partial charge in [0.05, 0.1) is 11.0 Å². The molecule has 24 heavy (non-hydrogen) atoms. The molecule has 0 aliphatic heterocycles. The molecule has 1 fully saturated rings. The Morgan fingerprint density at radius 3 is 2.92 bits per heavy atom. The molecule has 1 amide bonds. The molecule has 0 radical (unpaired) electrons. The Balaban J connectivity index is 1.66. The van der Waals surface area contributed by atoms with Crippen molar-refractivity contribution in [2.75, 3.05) is 5.32 Å². The molecule has 0 saturated heterocycles. The molecule has 0 spiro atoms.